The Morgan fingerprint density at radius 1 is 0.788 bits per heavy atom. The predicted octanol–water partition coefficient (Wildman–Crippen LogP) is 5.87. The molecule has 8 heteroatoms. The Bertz CT molecular complexity index is 1290. The van der Waals surface area contributed by atoms with Crippen molar-refractivity contribution in [2.45, 2.75) is 40.8 Å². The van der Waals surface area contributed by atoms with Crippen LogP contribution in [0.2, 0.25) is 5.02 Å². The smallest absolute Gasteiger partial charge is 0.175 e. The second-order valence-electron chi connectivity index (χ2n) is 8.06. The van der Waals surface area contributed by atoms with Gasteiger partial charge in [0.05, 0.1) is 47.2 Å². The molecule has 2 aromatic heterocycles. The fourth-order valence-corrected chi connectivity index (χ4v) is 4.27. The lowest BCUT2D eigenvalue weighted by atomic mass is 10.2. The molecule has 0 saturated carbocycles. The van der Waals surface area contributed by atoms with Crippen molar-refractivity contribution in [3.8, 4) is 0 Å². The number of anilines is 2. The van der Waals surface area contributed by atoms with Crippen LogP contribution in [0.1, 0.15) is 33.9 Å². The van der Waals surface area contributed by atoms with Crippen molar-refractivity contribution in [1.29, 1.82) is 0 Å². The van der Waals surface area contributed by atoms with Crippen molar-refractivity contribution in [1.82, 2.24) is 19.6 Å². The number of halogens is 1. The molecular formula is C25H27ClN6S. The number of benzene rings is 2. The number of aromatic nitrogens is 4. The molecule has 2 aromatic carbocycles. The highest BCUT2D eigenvalue weighted by molar-refractivity contribution is 7.80. The lowest BCUT2D eigenvalue weighted by Crippen LogP contribution is -2.21. The van der Waals surface area contributed by atoms with E-state index in [2.05, 4.69) is 27.9 Å². The number of aryl methyl sites for hydroxylation is 2. The molecule has 0 aliphatic carbocycles. The zero-order chi connectivity index (χ0) is 23.5. The zero-order valence-corrected chi connectivity index (χ0v) is 20.8. The van der Waals surface area contributed by atoms with Crippen molar-refractivity contribution in [2.24, 2.45) is 0 Å². The molecule has 0 radical (unpaired) electrons. The summed E-state index contributed by atoms with van der Waals surface area (Å²) in [6, 6.07) is 18.1. The maximum absolute atomic E-state index is 6.33. The highest BCUT2D eigenvalue weighted by atomic mass is 35.5. The fourth-order valence-electron chi connectivity index (χ4n) is 3.87. The molecule has 0 saturated heterocycles. The predicted molar refractivity (Wildman–Crippen MR) is 139 cm³/mol. The molecule has 0 aliphatic rings. The van der Waals surface area contributed by atoms with Gasteiger partial charge >= 0.3 is 0 Å². The van der Waals surface area contributed by atoms with Crippen LogP contribution in [-0.2, 0) is 13.1 Å². The lowest BCUT2D eigenvalue weighted by molar-refractivity contribution is 0.659. The molecule has 170 valence electrons. The summed E-state index contributed by atoms with van der Waals surface area (Å²) in [6.45, 7) is 9.33. The molecule has 0 spiro atoms. The second-order valence-corrected chi connectivity index (χ2v) is 8.88. The number of nitrogens with zero attached hydrogens (tertiary/aromatic N) is 4. The minimum atomic E-state index is 0.504. The van der Waals surface area contributed by atoms with Crippen LogP contribution in [0.4, 0.5) is 11.4 Å². The number of hydrogen-bond donors (Lipinski definition) is 2. The van der Waals surface area contributed by atoms with Gasteiger partial charge in [0.1, 0.15) is 0 Å². The molecule has 0 amide bonds. The topological polar surface area (TPSA) is 59.7 Å². The van der Waals surface area contributed by atoms with Gasteiger partial charge in [-0.25, -0.2) is 0 Å². The van der Waals surface area contributed by atoms with Crippen LogP contribution < -0.4 is 10.6 Å². The Morgan fingerprint density at radius 3 is 1.88 bits per heavy atom. The third-order valence-corrected chi connectivity index (χ3v) is 6.27. The normalized spacial score (nSPS) is 10.9. The lowest BCUT2D eigenvalue weighted by Gasteiger charge is -2.12. The second kappa shape index (κ2) is 9.77. The van der Waals surface area contributed by atoms with Gasteiger partial charge in [0, 0.05) is 5.02 Å². The molecule has 4 rings (SSSR count). The van der Waals surface area contributed by atoms with Crippen LogP contribution in [0.25, 0.3) is 0 Å². The van der Waals surface area contributed by atoms with Gasteiger partial charge < -0.3 is 10.6 Å². The van der Waals surface area contributed by atoms with Crippen molar-refractivity contribution in [3.05, 3.63) is 93.5 Å². The molecule has 0 unspecified atom stereocenters. The maximum Gasteiger partial charge on any atom is 0.175 e. The van der Waals surface area contributed by atoms with E-state index in [9.17, 15) is 0 Å². The van der Waals surface area contributed by atoms with E-state index in [0.29, 0.717) is 18.2 Å². The summed E-state index contributed by atoms with van der Waals surface area (Å²) in [6.07, 6.45) is 0. The minimum Gasteiger partial charge on any atom is -0.329 e. The molecule has 0 aliphatic heterocycles. The van der Waals surface area contributed by atoms with E-state index in [0.717, 1.165) is 44.7 Å². The molecule has 2 heterocycles. The first-order valence-corrected chi connectivity index (χ1v) is 11.6. The van der Waals surface area contributed by atoms with Gasteiger partial charge in [-0.2, -0.15) is 10.2 Å². The van der Waals surface area contributed by atoms with E-state index < -0.39 is 0 Å². The highest BCUT2D eigenvalue weighted by Crippen LogP contribution is 2.25. The number of hydrogen-bond acceptors (Lipinski definition) is 3. The summed E-state index contributed by atoms with van der Waals surface area (Å²) in [5.41, 5.74) is 7.83. The molecule has 4 aromatic rings. The Hall–Kier alpha value is -3.16. The van der Waals surface area contributed by atoms with Crippen LogP contribution in [0.3, 0.4) is 0 Å². The van der Waals surface area contributed by atoms with Crippen LogP contribution >= 0.6 is 23.8 Å². The van der Waals surface area contributed by atoms with Gasteiger partial charge in [-0.1, -0.05) is 60.1 Å². The summed E-state index contributed by atoms with van der Waals surface area (Å²) in [5, 5.41) is 17.3. The van der Waals surface area contributed by atoms with Gasteiger partial charge in [-0.05, 0) is 57.1 Å². The SMILES string of the molecule is Cc1nn(Cc2ccccc2)c(C)c1NC(=S)Nc1c(C)nn(Cc2ccccc2Cl)c1C. The van der Waals surface area contributed by atoms with Crippen LogP contribution in [0.5, 0.6) is 0 Å². The largest absolute Gasteiger partial charge is 0.329 e. The Morgan fingerprint density at radius 2 is 1.30 bits per heavy atom. The van der Waals surface area contributed by atoms with Crippen LogP contribution in [0, 0.1) is 27.7 Å². The third kappa shape index (κ3) is 5.10. The summed E-state index contributed by atoms with van der Waals surface area (Å²) in [4.78, 5) is 0. The molecule has 33 heavy (non-hydrogen) atoms. The number of nitrogens with one attached hydrogen (secondary N) is 2. The maximum atomic E-state index is 6.33. The average Bonchev–Trinajstić information content (AvgIpc) is 3.20. The third-order valence-electron chi connectivity index (χ3n) is 5.69. The van der Waals surface area contributed by atoms with Gasteiger partial charge in [-0.3, -0.25) is 9.36 Å². The average molecular weight is 479 g/mol. The molecule has 2 N–H and O–H groups in total. The summed E-state index contributed by atoms with van der Waals surface area (Å²) >= 11 is 12.0. The minimum absolute atomic E-state index is 0.504. The molecule has 0 fully saturated rings. The van der Waals surface area contributed by atoms with Crippen molar-refractivity contribution in [3.63, 3.8) is 0 Å². The van der Waals surface area contributed by atoms with Gasteiger partial charge in [0.15, 0.2) is 5.11 Å². The van der Waals surface area contributed by atoms with E-state index in [1.807, 2.05) is 79.5 Å². The van der Waals surface area contributed by atoms with E-state index >= 15 is 0 Å². The Kier molecular flexibility index (Phi) is 6.81. The summed E-state index contributed by atoms with van der Waals surface area (Å²) < 4.78 is 3.93. The van der Waals surface area contributed by atoms with Gasteiger partial charge in [-0.15, -0.1) is 0 Å². The zero-order valence-electron chi connectivity index (χ0n) is 19.2. The van der Waals surface area contributed by atoms with Crippen molar-refractivity contribution >= 4 is 40.3 Å². The van der Waals surface area contributed by atoms with E-state index in [1.54, 1.807) is 0 Å². The number of rotatable bonds is 6. The molecule has 6 nitrogen and oxygen atoms in total. The van der Waals surface area contributed by atoms with Crippen molar-refractivity contribution < 1.29 is 0 Å². The van der Waals surface area contributed by atoms with E-state index in [1.165, 1.54) is 5.56 Å². The van der Waals surface area contributed by atoms with Gasteiger partial charge in [0.25, 0.3) is 0 Å². The van der Waals surface area contributed by atoms with E-state index in [4.69, 9.17) is 28.9 Å². The molecule has 0 bridgehead atoms. The summed E-state index contributed by atoms with van der Waals surface area (Å²) in [7, 11) is 0. The first kappa shape index (κ1) is 23.0. The van der Waals surface area contributed by atoms with Crippen LogP contribution in [-0.4, -0.2) is 24.7 Å². The first-order valence-electron chi connectivity index (χ1n) is 10.8. The van der Waals surface area contributed by atoms with E-state index in [-0.39, 0.29) is 0 Å². The number of thiocarbonyl (C=S) groups is 1. The first-order chi connectivity index (χ1) is 15.8. The standard InChI is InChI=1S/C25H27ClN6S/c1-16-23(18(3)31(29-16)14-20-10-6-5-7-11-20)27-25(33)28-24-17(2)30-32(19(24)4)15-21-12-8-9-13-22(21)26/h5-13H,14-15H2,1-4H3,(H2,27,28,33). The quantitative estimate of drug-likeness (QED) is 0.339. The Balaban J connectivity index is 1.48. The van der Waals surface area contributed by atoms with Gasteiger partial charge in [0.2, 0.25) is 0 Å². The fraction of sp³-hybridized carbons (Fsp3) is 0.240. The monoisotopic (exact) mass is 478 g/mol. The highest BCUT2D eigenvalue weighted by Gasteiger charge is 2.17. The van der Waals surface area contributed by atoms with Crippen LogP contribution in [0.15, 0.2) is 54.6 Å². The Labute approximate surface area is 204 Å². The van der Waals surface area contributed by atoms with Crippen molar-refractivity contribution in [2.75, 3.05) is 10.6 Å². The summed E-state index contributed by atoms with van der Waals surface area (Å²) in [5.74, 6) is 0. The molecule has 0 atom stereocenters. The molecular weight excluding hydrogens is 452 g/mol.